The van der Waals surface area contributed by atoms with Crippen LogP contribution in [0.3, 0.4) is 0 Å². The number of anilines is 1. The second kappa shape index (κ2) is 8.46. The molecule has 0 unspecified atom stereocenters. The summed E-state index contributed by atoms with van der Waals surface area (Å²) in [6.45, 7) is 1.87. The van der Waals surface area contributed by atoms with Gasteiger partial charge in [-0.1, -0.05) is 35.3 Å². The zero-order valence-electron chi connectivity index (χ0n) is 15.4. The molecule has 150 valence electrons. The average Bonchev–Trinajstić information content (AvgIpc) is 3.09. The molecule has 1 amide bonds. The van der Waals surface area contributed by atoms with Crippen molar-refractivity contribution in [3.05, 3.63) is 62.5 Å². The van der Waals surface area contributed by atoms with Crippen molar-refractivity contribution < 1.29 is 14.3 Å². The topological polar surface area (TPSA) is 99.3 Å². The summed E-state index contributed by atoms with van der Waals surface area (Å²) < 4.78 is 6.71. The standard InChI is InChI=1S/C18H15Cl2N5O4/c1-3-23(14-9-4-6-11(10-26)16(14)29-2)17(27)25-18(28)24(21-22-25)15-12(19)7-5-8-13(15)20/h4-10H,3H2,1-2H3. The quantitative estimate of drug-likeness (QED) is 0.450. The zero-order chi connectivity index (χ0) is 21.1. The maximum Gasteiger partial charge on any atom is 0.377 e. The predicted octanol–water partition coefficient (Wildman–Crippen LogP) is 3.05. The number of hydrogen-bond acceptors (Lipinski definition) is 6. The van der Waals surface area contributed by atoms with Gasteiger partial charge >= 0.3 is 11.7 Å². The van der Waals surface area contributed by atoms with Gasteiger partial charge in [0.2, 0.25) is 0 Å². The second-order valence-electron chi connectivity index (χ2n) is 5.70. The van der Waals surface area contributed by atoms with E-state index < -0.39 is 11.7 Å². The highest BCUT2D eigenvalue weighted by atomic mass is 35.5. The Morgan fingerprint density at radius 2 is 1.83 bits per heavy atom. The summed E-state index contributed by atoms with van der Waals surface area (Å²) in [5.74, 6) is 0.201. The summed E-state index contributed by atoms with van der Waals surface area (Å²) in [4.78, 5) is 38.4. The molecule has 2 aromatic carbocycles. The Kier molecular flexibility index (Phi) is 6.00. The lowest BCUT2D eigenvalue weighted by atomic mass is 10.1. The predicted molar refractivity (Wildman–Crippen MR) is 108 cm³/mol. The Hall–Kier alpha value is -3.17. The number of aldehydes is 1. The second-order valence-corrected chi connectivity index (χ2v) is 6.51. The van der Waals surface area contributed by atoms with Gasteiger partial charge in [-0.15, -0.1) is 4.68 Å². The highest BCUT2D eigenvalue weighted by Crippen LogP contribution is 2.31. The Morgan fingerprint density at radius 1 is 1.17 bits per heavy atom. The smallest absolute Gasteiger partial charge is 0.377 e. The molecule has 3 rings (SSSR count). The molecule has 0 aliphatic heterocycles. The number of halogens is 2. The molecule has 0 aliphatic rings. The summed E-state index contributed by atoms with van der Waals surface area (Å²) in [5.41, 5.74) is -0.172. The van der Waals surface area contributed by atoms with E-state index in [9.17, 15) is 14.4 Å². The molecule has 0 saturated carbocycles. The fraction of sp³-hybridized carbons (Fsp3) is 0.167. The van der Waals surface area contributed by atoms with E-state index in [2.05, 4.69) is 10.4 Å². The van der Waals surface area contributed by atoms with Gasteiger partial charge in [-0.2, -0.15) is 4.68 Å². The van der Waals surface area contributed by atoms with Gasteiger partial charge in [-0.3, -0.25) is 9.69 Å². The van der Waals surface area contributed by atoms with Crippen LogP contribution >= 0.6 is 23.2 Å². The maximum absolute atomic E-state index is 13.0. The molecule has 0 aliphatic carbocycles. The van der Waals surface area contributed by atoms with Gasteiger partial charge in [0.1, 0.15) is 5.69 Å². The van der Waals surface area contributed by atoms with Crippen LogP contribution in [0.25, 0.3) is 5.69 Å². The SMILES string of the molecule is CCN(C(=O)n1nnn(-c2c(Cl)cccc2Cl)c1=O)c1cccc(C=O)c1OC. The van der Waals surface area contributed by atoms with Crippen molar-refractivity contribution >= 4 is 41.2 Å². The lowest BCUT2D eigenvalue weighted by Crippen LogP contribution is -2.41. The first-order chi connectivity index (χ1) is 13.9. The van der Waals surface area contributed by atoms with Crippen molar-refractivity contribution in [3.8, 4) is 11.4 Å². The van der Waals surface area contributed by atoms with Crippen LogP contribution in [0.4, 0.5) is 10.5 Å². The Morgan fingerprint density at radius 3 is 2.41 bits per heavy atom. The maximum atomic E-state index is 13.0. The van der Waals surface area contributed by atoms with Crippen LogP contribution in [0.1, 0.15) is 17.3 Å². The molecule has 1 heterocycles. The fourth-order valence-corrected chi connectivity index (χ4v) is 3.35. The van der Waals surface area contributed by atoms with E-state index in [1.165, 1.54) is 24.1 Å². The van der Waals surface area contributed by atoms with Crippen LogP contribution in [0, 0.1) is 0 Å². The summed E-state index contributed by atoms with van der Waals surface area (Å²) in [7, 11) is 1.38. The van der Waals surface area contributed by atoms with Gasteiger partial charge in [0.05, 0.1) is 28.4 Å². The van der Waals surface area contributed by atoms with Crippen molar-refractivity contribution in [1.29, 1.82) is 0 Å². The number of carbonyl (C=O) groups excluding carboxylic acids is 2. The van der Waals surface area contributed by atoms with Crippen LogP contribution in [0.15, 0.2) is 41.2 Å². The zero-order valence-corrected chi connectivity index (χ0v) is 16.9. The summed E-state index contributed by atoms with van der Waals surface area (Å²) in [6.07, 6.45) is 0.614. The summed E-state index contributed by atoms with van der Waals surface area (Å²) in [6, 6.07) is 8.63. The lowest BCUT2D eigenvalue weighted by molar-refractivity contribution is 0.112. The molecule has 0 spiro atoms. The average molecular weight is 436 g/mol. The van der Waals surface area contributed by atoms with Crippen molar-refractivity contribution in [2.45, 2.75) is 6.92 Å². The molecule has 3 aromatic rings. The van der Waals surface area contributed by atoms with E-state index in [-0.39, 0.29) is 33.6 Å². The van der Waals surface area contributed by atoms with E-state index in [0.717, 1.165) is 4.68 Å². The van der Waals surface area contributed by atoms with Crippen LogP contribution < -0.4 is 15.3 Å². The number of aromatic nitrogens is 4. The highest BCUT2D eigenvalue weighted by molar-refractivity contribution is 6.37. The Bertz CT molecular complexity index is 1120. The van der Waals surface area contributed by atoms with Gasteiger partial charge in [0.15, 0.2) is 12.0 Å². The number of methoxy groups -OCH3 is 1. The number of amides is 1. The minimum Gasteiger partial charge on any atom is -0.494 e. The number of rotatable bonds is 5. The van der Waals surface area contributed by atoms with Gasteiger partial charge in [0.25, 0.3) is 0 Å². The van der Waals surface area contributed by atoms with Crippen molar-refractivity contribution in [2.24, 2.45) is 0 Å². The van der Waals surface area contributed by atoms with Crippen LogP contribution in [-0.2, 0) is 0 Å². The Labute approximate surface area is 175 Å². The normalized spacial score (nSPS) is 10.6. The summed E-state index contributed by atoms with van der Waals surface area (Å²) in [5, 5.41) is 7.74. The molecule has 29 heavy (non-hydrogen) atoms. The minimum atomic E-state index is -0.853. The van der Waals surface area contributed by atoms with Gasteiger partial charge in [0, 0.05) is 6.54 Å². The molecule has 0 radical (unpaired) electrons. The first-order valence-electron chi connectivity index (χ1n) is 8.38. The lowest BCUT2D eigenvalue weighted by Gasteiger charge is -2.22. The van der Waals surface area contributed by atoms with E-state index in [1.807, 2.05) is 0 Å². The summed E-state index contributed by atoms with van der Waals surface area (Å²) >= 11 is 12.2. The molecule has 0 bridgehead atoms. The number of carbonyl (C=O) groups is 2. The molecular weight excluding hydrogens is 421 g/mol. The highest BCUT2D eigenvalue weighted by Gasteiger charge is 2.26. The van der Waals surface area contributed by atoms with Crippen LogP contribution in [0.2, 0.25) is 10.0 Å². The first kappa shape index (κ1) is 20.6. The number of para-hydroxylation sites is 2. The van der Waals surface area contributed by atoms with E-state index in [4.69, 9.17) is 27.9 Å². The van der Waals surface area contributed by atoms with Crippen molar-refractivity contribution in [1.82, 2.24) is 19.8 Å². The molecule has 0 atom stereocenters. The number of benzene rings is 2. The minimum absolute atomic E-state index is 0.114. The van der Waals surface area contributed by atoms with Gasteiger partial charge in [-0.25, -0.2) is 9.59 Å². The van der Waals surface area contributed by atoms with Crippen LogP contribution in [-0.4, -0.2) is 45.8 Å². The molecule has 0 fully saturated rings. The molecule has 1 aromatic heterocycles. The van der Waals surface area contributed by atoms with E-state index in [1.54, 1.807) is 31.2 Å². The third-order valence-corrected chi connectivity index (χ3v) is 4.72. The third-order valence-electron chi connectivity index (χ3n) is 4.11. The fourth-order valence-electron chi connectivity index (χ4n) is 2.79. The number of hydrogen-bond donors (Lipinski definition) is 0. The third kappa shape index (κ3) is 3.62. The molecule has 11 heteroatoms. The van der Waals surface area contributed by atoms with E-state index >= 15 is 0 Å². The van der Waals surface area contributed by atoms with Crippen molar-refractivity contribution in [3.63, 3.8) is 0 Å². The Balaban J connectivity index is 2.09. The molecule has 0 saturated heterocycles. The number of nitrogens with zero attached hydrogens (tertiary/aromatic N) is 5. The number of ether oxygens (including phenoxy) is 1. The number of tetrazole rings is 1. The monoisotopic (exact) mass is 435 g/mol. The van der Waals surface area contributed by atoms with Gasteiger partial charge in [-0.05, 0) is 41.6 Å². The molecule has 0 N–H and O–H groups in total. The largest absolute Gasteiger partial charge is 0.494 e. The van der Waals surface area contributed by atoms with Gasteiger partial charge < -0.3 is 4.74 Å². The molecule has 9 nitrogen and oxygen atoms in total. The van der Waals surface area contributed by atoms with Crippen LogP contribution in [0.5, 0.6) is 5.75 Å². The van der Waals surface area contributed by atoms with Crippen molar-refractivity contribution in [2.75, 3.05) is 18.6 Å². The molecular formula is C18H15Cl2N5O4. The van der Waals surface area contributed by atoms with E-state index in [0.29, 0.717) is 16.7 Å². The first-order valence-corrected chi connectivity index (χ1v) is 9.13.